The van der Waals surface area contributed by atoms with Crippen LogP contribution in [0.1, 0.15) is 44.7 Å². The summed E-state index contributed by atoms with van der Waals surface area (Å²) >= 11 is 0. The molecule has 3 rings (SSSR count). The molecule has 1 aromatic carbocycles. The molecule has 0 bridgehead atoms. The lowest BCUT2D eigenvalue weighted by molar-refractivity contribution is -0.163. The Morgan fingerprint density at radius 3 is 2.79 bits per heavy atom. The van der Waals surface area contributed by atoms with E-state index in [1.165, 1.54) is 5.56 Å². The number of rotatable bonds is 2. The highest BCUT2D eigenvalue weighted by Gasteiger charge is 2.51. The minimum atomic E-state index is -0.400. The third-order valence-corrected chi connectivity index (χ3v) is 4.59. The molecule has 19 heavy (non-hydrogen) atoms. The van der Waals surface area contributed by atoms with E-state index in [0.717, 1.165) is 19.3 Å². The third kappa shape index (κ3) is 1.96. The molecule has 0 radical (unpaired) electrons. The number of fused-ring (bicyclic) bond motifs is 1. The van der Waals surface area contributed by atoms with Crippen molar-refractivity contribution in [2.75, 3.05) is 6.61 Å². The average Bonchev–Trinajstić information content (AvgIpc) is 2.79. The molecule has 2 aliphatic rings. The number of ether oxygens (including phenoxy) is 1. The average molecular weight is 259 g/mol. The van der Waals surface area contributed by atoms with Gasteiger partial charge in [-0.05, 0) is 31.7 Å². The predicted molar refractivity (Wildman–Crippen MR) is 73.4 cm³/mol. The van der Waals surface area contributed by atoms with E-state index in [-0.39, 0.29) is 17.9 Å². The van der Waals surface area contributed by atoms with Crippen molar-refractivity contribution in [1.29, 1.82) is 0 Å². The van der Waals surface area contributed by atoms with E-state index in [4.69, 9.17) is 4.74 Å². The van der Waals surface area contributed by atoms with E-state index < -0.39 is 5.72 Å². The summed E-state index contributed by atoms with van der Waals surface area (Å²) in [4.78, 5) is 14.7. The van der Waals surface area contributed by atoms with Crippen molar-refractivity contribution in [3.05, 3.63) is 35.9 Å². The molecule has 2 heterocycles. The Balaban J connectivity index is 1.94. The van der Waals surface area contributed by atoms with Crippen molar-refractivity contribution in [2.24, 2.45) is 5.92 Å². The molecule has 0 aliphatic carbocycles. The van der Waals surface area contributed by atoms with Crippen LogP contribution in [0.25, 0.3) is 0 Å². The number of carbonyl (C=O) groups is 1. The zero-order valence-electron chi connectivity index (χ0n) is 11.6. The van der Waals surface area contributed by atoms with Gasteiger partial charge >= 0.3 is 0 Å². The van der Waals surface area contributed by atoms with Gasteiger partial charge in [-0.25, -0.2) is 0 Å². The molecule has 2 aliphatic heterocycles. The summed E-state index contributed by atoms with van der Waals surface area (Å²) in [5.41, 5.74) is 0.778. The van der Waals surface area contributed by atoms with Gasteiger partial charge in [-0.2, -0.15) is 0 Å². The van der Waals surface area contributed by atoms with Gasteiger partial charge in [0.15, 0.2) is 0 Å². The largest absolute Gasteiger partial charge is 0.353 e. The van der Waals surface area contributed by atoms with Crippen LogP contribution in [0.3, 0.4) is 0 Å². The van der Waals surface area contributed by atoms with Gasteiger partial charge in [0.25, 0.3) is 0 Å². The molecule has 1 aromatic rings. The zero-order chi connectivity index (χ0) is 13.5. The van der Waals surface area contributed by atoms with Gasteiger partial charge in [0.2, 0.25) is 5.91 Å². The number of piperidine rings is 1. The van der Waals surface area contributed by atoms with Gasteiger partial charge in [0, 0.05) is 5.92 Å². The Kier molecular flexibility index (Phi) is 3.09. The lowest BCUT2D eigenvalue weighted by atomic mass is 9.87. The normalized spacial score (nSPS) is 34.4. The van der Waals surface area contributed by atoms with E-state index in [0.29, 0.717) is 6.61 Å². The van der Waals surface area contributed by atoms with Gasteiger partial charge in [0.1, 0.15) is 5.72 Å². The maximum absolute atomic E-state index is 12.7. The highest BCUT2D eigenvalue weighted by atomic mass is 16.5. The van der Waals surface area contributed by atoms with Crippen molar-refractivity contribution < 1.29 is 9.53 Å². The molecule has 0 aromatic heterocycles. The van der Waals surface area contributed by atoms with Crippen LogP contribution >= 0.6 is 0 Å². The highest BCUT2D eigenvalue weighted by Crippen LogP contribution is 2.45. The molecular formula is C16H21NO2. The minimum absolute atomic E-state index is 0.0769. The van der Waals surface area contributed by atoms with Crippen LogP contribution in [-0.4, -0.2) is 23.1 Å². The van der Waals surface area contributed by atoms with Gasteiger partial charge in [0.05, 0.1) is 12.6 Å². The highest BCUT2D eigenvalue weighted by molar-refractivity contribution is 5.81. The molecule has 0 N–H and O–H groups in total. The maximum atomic E-state index is 12.7. The summed E-state index contributed by atoms with van der Waals surface area (Å²) in [6.07, 6.45) is 2.82. The van der Waals surface area contributed by atoms with Crippen LogP contribution in [0.5, 0.6) is 0 Å². The first-order chi connectivity index (χ1) is 9.15. The fourth-order valence-corrected chi connectivity index (χ4v) is 3.37. The molecule has 1 amide bonds. The van der Waals surface area contributed by atoms with Gasteiger partial charge in [-0.15, -0.1) is 0 Å². The quantitative estimate of drug-likeness (QED) is 0.816. The zero-order valence-corrected chi connectivity index (χ0v) is 11.6. The van der Waals surface area contributed by atoms with Crippen molar-refractivity contribution >= 4 is 5.91 Å². The van der Waals surface area contributed by atoms with Crippen LogP contribution in [0.15, 0.2) is 30.3 Å². The Labute approximate surface area is 114 Å². The smallest absolute Gasteiger partial charge is 0.228 e. The summed E-state index contributed by atoms with van der Waals surface area (Å²) in [6, 6.07) is 10.3. The van der Waals surface area contributed by atoms with Crippen molar-refractivity contribution in [2.45, 2.75) is 44.9 Å². The van der Waals surface area contributed by atoms with Crippen LogP contribution in [0, 0.1) is 5.92 Å². The fourth-order valence-electron chi connectivity index (χ4n) is 3.37. The van der Waals surface area contributed by atoms with Crippen molar-refractivity contribution in [1.82, 2.24) is 4.90 Å². The number of hydrogen-bond donors (Lipinski definition) is 0. The van der Waals surface area contributed by atoms with Crippen LogP contribution in [0.2, 0.25) is 0 Å². The molecule has 3 atom stereocenters. The van der Waals surface area contributed by atoms with E-state index in [1.54, 1.807) is 0 Å². The second-order valence-electron chi connectivity index (χ2n) is 5.76. The van der Waals surface area contributed by atoms with Crippen molar-refractivity contribution in [3.8, 4) is 0 Å². The number of carbonyl (C=O) groups excluding carboxylic acids is 1. The molecule has 3 nitrogen and oxygen atoms in total. The second-order valence-corrected chi connectivity index (χ2v) is 5.76. The Hall–Kier alpha value is -1.35. The first kappa shape index (κ1) is 12.7. The fraction of sp³-hybridized carbons (Fsp3) is 0.562. The summed E-state index contributed by atoms with van der Waals surface area (Å²) < 4.78 is 5.98. The second kappa shape index (κ2) is 4.64. The van der Waals surface area contributed by atoms with E-state index in [2.05, 4.69) is 26.0 Å². The Morgan fingerprint density at radius 1 is 1.37 bits per heavy atom. The first-order valence-corrected chi connectivity index (χ1v) is 7.18. The summed E-state index contributed by atoms with van der Waals surface area (Å²) in [5, 5.41) is 0. The lowest BCUT2D eigenvalue weighted by Gasteiger charge is -2.43. The number of nitrogens with zero attached hydrogens (tertiary/aromatic N) is 1. The van der Waals surface area contributed by atoms with Crippen LogP contribution < -0.4 is 0 Å². The molecule has 3 heteroatoms. The summed E-state index contributed by atoms with van der Waals surface area (Å²) in [6.45, 7) is 4.77. The Bertz CT molecular complexity index is 473. The summed E-state index contributed by atoms with van der Waals surface area (Å²) in [7, 11) is 0. The Morgan fingerprint density at radius 2 is 2.11 bits per heavy atom. The van der Waals surface area contributed by atoms with E-state index in [9.17, 15) is 4.79 Å². The topological polar surface area (TPSA) is 29.5 Å². The number of amides is 1. The van der Waals surface area contributed by atoms with Crippen LogP contribution in [0.4, 0.5) is 0 Å². The van der Waals surface area contributed by atoms with Gasteiger partial charge < -0.3 is 9.64 Å². The number of benzene rings is 1. The molecule has 0 saturated carbocycles. The molecular weight excluding hydrogens is 238 g/mol. The van der Waals surface area contributed by atoms with Crippen molar-refractivity contribution in [3.63, 3.8) is 0 Å². The third-order valence-electron chi connectivity index (χ3n) is 4.59. The standard InChI is InChI=1S/C16H21NO2/c1-3-12-9-10-16(2)17(15(12)18)14(11-19-16)13-7-5-4-6-8-13/h4-8,12,14H,3,9-11H2,1-2H3/t12-,14+,16+/m1/s1. The summed E-state index contributed by atoms with van der Waals surface area (Å²) in [5.74, 6) is 0.434. The first-order valence-electron chi connectivity index (χ1n) is 7.18. The molecule has 0 unspecified atom stereocenters. The van der Waals surface area contributed by atoms with Gasteiger partial charge in [-0.3, -0.25) is 4.79 Å². The SMILES string of the molecule is CC[C@@H]1CC[C@]2(C)OC[C@@H](c3ccccc3)N2C1=O. The molecule has 0 spiro atoms. The minimum Gasteiger partial charge on any atom is -0.353 e. The predicted octanol–water partition coefficient (Wildman–Crippen LogP) is 3.12. The number of hydrogen-bond acceptors (Lipinski definition) is 2. The monoisotopic (exact) mass is 259 g/mol. The molecule has 2 fully saturated rings. The van der Waals surface area contributed by atoms with E-state index in [1.807, 2.05) is 23.1 Å². The van der Waals surface area contributed by atoms with Gasteiger partial charge in [-0.1, -0.05) is 37.3 Å². The van der Waals surface area contributed by atoms with E-state index >= 15 is 0 Å². The lowest BCUT2D eigenvalue weighted by Crippen LogP contribution is -2.53. The van der Waals surface area contributed by atoms with Crippen LogP contribution in [-0.2, 0) is 9.53 Å². The molecule has 2 saturated heterocycles. The molecule has 102 valence electrons. The maximum Gasteiger partial charge on any atom is 0.228 e.